The molecule has 0 saturated heterocycles. The maximum Gasteiger partial charge on any atom is 0.230 e. The summed E-state index contributed by atoms with van der Waals surface area (Å²) in [5, 5.41) is 14.6. The van der Waals surface area contributed by atoms with E-state index >= 15 is 0 Å². The van der Waals surface area contributed by atoms with E-state index < -0.39 is 0 Å². The molecule has 0 aliphatic carbocycles. The van der Waals surface area contributed by atoms with Gasteiger partial charge in [0.25, 0.3) is 0 Å². The molecular weight excluding hydrogens is 393 g/mol. The number of nitrogens with two attached hydrogens (primary N) is 2. The Bertz CT molecular complexity index is 586. The molecule has 0 bridgehead atoms. The third kappa shape index (κ3) is 8.65. The molecule has 2 aromatic rings. The number of hydrogen-bond donors (Lipinski definition) is 4. The summed E-state index contributed by atoms with van der Waals surface area (Å²) in [5.74, 6) is 1.28. The molecule has 133 valence electrons. The molecule has 2 rings (SSSR count). The van der Waals surface area contributed by atoms with Gasteiger partial charge in [-0.15, -0.1) is 0 Å². The van der Waals surface area contributed by atoms with Crippen molar-refractivity contribution in [3.05, 3.63) is 67.1 Å². The first-order chi connectivity index (χ1) is 11.1. The topological polar surface area (TPSA) is 118 Å². The number of rotatable bonds is 6. The molecule has 0 heterocycles. The van der Waals surface area contributed by atoms with Gasteiger partial charge in [0.05, 0.1) is 0 Å². The van der Waals surface area contributed by atoms with Gasteiger partial charge in [-0.3, -0.25) is 10.8 Å². The van der Waals surface area contributed by atoms with Gasteiger partial charge >= 0.3 is 0 Å². The van der Waals surface area contributed by atoms with Gasteiger partial charge in [-0.2, -0.15) is 0 Å². The molecule has 0 unspecified atom stereocenters. The van der Waals surface area contributed by atoms with Crippen molar-refractivity contribution in [3.63, 3.8) is 0 Å². The molecule has 0 fully saturated rings. The van der Waals surface area contributed by atoms with Crippen LogP contribution in [-0.2, 0) is 32.7 Å². The third-order valence-electron chi connectivity index (χ3n) is 2.78. The molecule has 0 atom stereocenters. The maximum atomic E-state index is 7.29. The quantitative estimate of drug-likeness (QED) is 0.249. The van der Waals surface area contributed by atoms with Gasteiger partial charge in [-0.05, 0) is 48.5 Å². The fourth-order valence-electron chi connectivity index (χ4n) is 1.63. The van der Waals surface area contributed by atoms with E-state index in [1.807, 2.05) is 13.8 Å². The molecule has 0 spiro atoms. The average Bonchev–Trinajstić information content (AvgIpc) is 2.57. The zero-order valence-corrected chi connectivity index (χ0v) is 17.7. The summed E-state index contributed by atoms with van der Waals surface area (Å²) in [4.78, 5) is 0. The van der Waals surface area contributed by atoms with Crippen LogP contribution >= 0.6 is 0 Å². The SMILES string of the molecule is CC.N=C(N)c1ccc(OCOc2ccc(C(=N)N)cc2)cc1.[CH3-].[Y]. The fourth-order valence-corrected chi connectivity index (χ4v) is 1.63. The van der Waals surface area contributed by atoms with Crippen molar-refractivity contribution in [3.8, 4) is 11.5 Å². The molecule has 2 aromatic carbocycles. The van der Waals surface area contributed by atoms with Crippen molar-refractivity contribution < 1.29 is 42.2 Å². The Hall–Kier alpha value is -1.92. The minimum Gasteiger partial charge on any atom is -0.458 e. The van der Waals surface area contributed by atoms with Gasteiger partial charge < -0.3 is 28.4 Å². The van der Waals surface area contributed by atoms with Crippen LogP contribution in [0.1, 0.15) is 25.0 Å². The van der Waals surface area contributed by atoms with Crippen LogP contribution in [-0.4, -0.2) is 18.5 Å². The molecule has 25 heavy (non-hydrogen) atoms. The molecule has 6 nitrogen and oxygen atoms in total. The summed E-state index contributed by atoms with van der Waals surface area (Å²) in [6, 6.07) is 13.7. The van der Waals surface area contributed by atoms with Gasteiger partial charge in [0, 0.05) is 43.8 Å². The minimum atomic E-state index is 0. The van der Waals surface area contributed by atoms with Crippen LogP contribution in [0.5, 0.6) is 11.5 Å². The van der Waals surface area contributed by atoms with Crippen molar-refractivity contribution in [2.45, 2.75) is 13.8 Å². The van der Waals surface area contributed by atoms with E-state index in [4.69, 9.17) is 31.8 Å². The molecule has 0 aliphatic rings. The third-order valence-corrected chi connectivity index (χ3v) is 2.78. The van der Waals surface area contributed by atoms with E-state index in [-0.39, 0.29) is 58.6 Å². The Morgan fingerprint density at radius 1 is 0.760 bits per heavy atom. The van der Waals surface area contributed by atoms with Crippen molar-refractivity contribution in [1.29, 1.82) is 10.8 Å². The van der Waals surface area contributed by atoms with Gasteiger partial charge in [0.1, 0.15) is 23.2 Å². The van der Waals surface area contributed by atoms with E-state index in [9.17, 15) is 0 Å². The first-order valence-corrected chi connectivity index (χ1v) is 7.21. The first-order valence-electron chi connectivity index (χ1n) is 7.21. The maximum absolute atomic E-state index is 7.29. The summed E-state index contributed by atoms with van der Waals surface area (Å²) in [6.45, 7) is 4.05. The normalized spacial score (nSPS) is 8.56. The van der Waals surface area contributed by atoms with Crippen LogP contribution in [0, 0.1) is 18.2 Å². The zero-order chi connectivity index (χ0) is 17.2. The van der Waals surface area contributed by atoms with Gasteiger partial charge in [-0.1, -0.05) is 13.8 Å². The van der Waals surface area contributed by atoms with Crippen molar-refractivity contribution in [2.24, 2.45) is 11.5 Å². The predicted molar refractivity (Wildman–Crippen MR) is 98.8 cm³/mol. The van der Waals surface area contributed by atoms with Crippen molar-refractivity contribution in [1.82, 2.24) is 0 Å². The predicted octanol–water partition coefficient (Wildman–Crippen LogP) is 3.14. The van der Waals surface area contributed by atoms with E-state index in [0.29, 0.717) is 22.6 Å². The Morgan fingerprint density at radius 3 is 1.28 bits per heavy atom. The molecule has 7 heteroatoms. The molecule has 6 N–H and O–H groups in total. The zero-order valence-electron chi connectivity index (χ0n) is 14.9. The molecule has 0 saturated carbocycles. The van der Waals surface area contributed by atoms with Gasteiger partial charge in [-0.25, -0.2) is 0 Å². The smallest absolute Gasteiger partial charge is 0.230 e. The number of benzene rings is 2. The van der Waals surface area contributed by atoms with E-state index in [1.54, 1.807) is 48.5 Å². The fraction of sp³-hybridized carbons (Fsp3) is 0.167. The van der Waals surface area contributed by atoms with Crippen LogP contribution < -0.4 is 20.9 Å². The van der Waals surface area contributed by atoms with E-state index in [1.165, 1.54) is 0 Å². The Morgan fingerprint density at radius 2 is 1.04 bits per heavy atom. The van der Waals surface area contributed by atoms with Crippen LogP contribution in [0.15, 0.2) is 48.5 Å². The average molecular weight is 418 g/mol. The number of nitrogens with one attached hydrogen (secondary N) is 2. The van der Waals surface area contributed by atoms with Crippen LogP contribution in [0.2, 0.25) is 0 Å². The van der Waals surface area contributed by atoms with Crippen LogP contribution in [0.3, 0.4) is 0 Å². The molecule has 0 aromatic heterocycles. The van der Waals surface area contributed by atoms with E-state index in [2.05, 4.69) is 0 Å². The van der Waals surface area contributed by atoms with Crippen LogP contribution in [0.4, 0.5) is 0 Å². The summed E-state index contributed by atoms with van der Waals surface area (Å²) in [7, 11) is 0. The number of hydrogen-bond acceptors (Lipinski definition) is 4. The largest absolute Gasteiger partial charge is 0.458 e. The summed E-state index contributed by atoms with van der Waals surface area (Å²) in [5.41, 5.74) is 12.0. The molecule has 0 aliphatic heterocycles. The summed E-state index contributed by atoms with van der Waals surface area (Å²) in [6.07, 6.45) is 0. The number of nitrogen functional groups attached to an aromatic ring is 2. The minimum absolute atomic E-state index is 0. The number of amidine groups is 2. The second-order valence-corrected chi connectivity index (χ2v) is 4.28. The Kier molecular flexibility index (Phi) is 13.6. The second-order valence-electron chi connectivity index (χ2n) is 4.28. The second kappa shape index (κ2) is 13.4. The van der Waals surface area contributed by atoms with Crippen LogP contribution in [0.25, 0.3) is 0 Å². The van der Waals surface area contributed by atoms with Crippen molar-refractivity contribution >= 4 is 11.7 Å². The summed E-state index contributed by atoms with van der Waals surface area (Å²) < 4.78 is 10.8. The molecule has 0 amide bonds. The first kappa shape index (κ1) is 25.3. The molecule has 1 radical (unpaired) electrons. The van der Waals surface area contributed by atoms with E-state index in [0.717, 1.165) is 0 Å². The van der Waals surface area contributed by atoms with Gasteiger partial charge in [0.2, 0.25) is 6.79 Å². The molecular formula is C18H25N4O2Y-. The standard InChI is InChI=1S/C15H16N4O2.C2H6.CH3.Y/c16-14(17)10-1-5-12(6-2-10)20-9-21-13-7-3-11(4-8-13)15(18)19;1-2;;/h1-8H,9H2,(H3,16,17)(H3,18,19);1-2H3;1H3;/q;;-1;. The van der Waals surface area contributed by atoms with Gasteiger partial charge in [0.15, 0.2) is 0 Å². The summed E-state index contributed by atoms with van der Waals surface area (Å²) >= 11 is 0. The monoisotopic (exact) mass is 418 g/mol. The Balaban J connectivity index is 0. The van der Waals surface area contributed by atoms with Crippen molar-refractivity contribution in [2.75, 3.05) is 6.79 Å². The Labute approximate surface area is 174 Å². The number of ether oxygens (including phenoxy) is 2.